The minimum Gasteiger partial charge on any atom is -0.512 e. The average molecular weight is 533 g/mol. The fraction of sp³-hybridized carbons (Fsp3) is 0.176. The van der Waals surface area contributed by atoms with Gasteiger partial charge in [0.15, 0.2) is 5.78 Å². The molecule has 0 aliphatic rings. The van der Waals surface area contributed by atoms with Crippen molar-refractivity contribution in [2.45, 2.75) is 20.5 Å². The molecule has 2 aromatic rings. The van der Waals surface area contributed by atoms with Crippen molar-refractivity contribution in [1.29, 1.82) is 0 Å². The van der Waals surface area contributed by atoms with E-state index < -0.39 is 17.5 Å². The van der Waals surface area contributed by atoms with Gasteiger partial charge in [0.25, 0.3) is 0 Å². The first-order valence-corrected chi connectivity index (χ1v) is 6.75. The topological polar surface area (TPSA) is 70.4 Å². The van der Waals surface area contributed by atoms with Crippen LogP contribution in [0.15, 0.2) is 36.2 Å². The molecule has 2 rings (SSSR count). The number of nitrogens with zero attached hydrogens (tertiary/aromatic N) is 1. The number of ketones is 1. The minimum absolute atomic E-state index is 0. The summed E-state index contributed by atoms with van der Waals surface area (Å²) in [6.07, 6.45) is 2.51. The van der Waals surface area contributed by atoms with Crippen LogP contribution >= 0.6 is 0 Å². The summed E-state index contributed by atoms with van der Waals surface area (Å²) in [5, 5.41) is 17.3. The zero-order valence-corrected chi connectivity index (χ0v) is 15.6. The van der Waals surface area contributed by atoms with Gasteiger partial charge in [-0.15, -0.1) is 0 Å². The summed E-state index contributed by atoms with van der Waals surface area (Å²) in [7, 11) is 0. The number of halogens is 3. The summed E-state index contributed by atoms with van der Waals surface area (Å²) >= 11 is 0. The van der Waals surface area contributed by atoms with E-state index in [1.54, 1.807) is 0 Å². The van der Waals surface area contributed by atoms with Crippen LogP contribution in [0, 0.1) is 23.5 Å². The predicted octanol–water partition coefficient (Wildman–Crippen LogP) is 3.49. The first-order valence-electron chi connectivity index (χ1n) is 6.75. The number of carbonyl (C=O) groups excluding carboxylic acids is 1. The monoisotopic (exact) mass is 533 g/mol. The van der Waals surface area contributed by atoms with Gasteiger partial charge in [-0.05, 0) is 31.2 Å². The zero-order valence-electron chi connectivity index (χ0n) is 13.3. The Morgan fingerprint density at radius 1 is 1.24 bits per heavy atom. The Labute approximate surface area is 157 Å². The van der Waals surface area contributed by atoms with Crippen molar-refractivity contribution in [3.05, 3.63) is 65.3 Å². The van der Waals surface area contributed by atoms with Crippen LogP contribution in [0.4, 0.5) is 13.2 Å². The molecule has 8 heteroatoms. The van der Waals surface area contributed by atoms with Gasteiger partial charge in [-0.25, -0.2) is 4.39 Å². The van der Waals surface area contributed by atoms with E-state index in [1.807, 2.05) is 6.07 Å². The van der Waals surface area contributed by atoms with Crippen molar-refractivity contribution in [3.63, 3.8) is 0 Å². The van der Waals surface area contributed by atoms with Crippen molar-refractivity contribution in [2.75, 3.05) is 0 Å². The van der Waals surface area contributed by atoms with Crippen LogP contribution in [-0.4, -0.2) is 21.0 Å². The third-order valence-electron chi connectivity index (χ3n) is 2.61. The molecule has 0 aliphatic carbocycles. The predicted molar refractivity (Wildman–Crippen MR) is 81.4 cm³/mol. The third-order valence-corrected chi connectivity index (χ3v) is 2.61. The number of carbonyl (C=O) groups is 1. The molecule has 0 aliphatic heterocycles. The summed E-state index contributed by atoms with van der Waals surface area (Å²) < 4.78 is 39.1. The molecule has 0 atom stereocenters. The molecule has 4 nitrogen and oxygen atoms in total. The van der Waals surface area contributed by atoms with Gasteiger partial charge in [-0.3, -0.25) is 13.6 Å². The molecular formula is C17H15F3NO3Pt-. The smallest absolute Gasteiger partial charge is 0.155 e. The van der Waals surface area contributed by atoms with Crippen LogP contribution in [0.25, 0.3) is 11.3 Å². The van der Waals surface area contributed by atoms with Crippen LogP contribution in [0.1, 0.15) is 19.4 Å². The summed E-state index contributed by atoms with van der Waals surface area (Å²) in [5.41, 5.74) is 0.319. The second-order valence-corrected chi connectivity index (χ2v) is 4.76. The molecule has 1 aromatic heterocycles. The van der Waals surface area contributed by atoms with E-state index in [9.17, 15) is 18.0 Å². The van der Waals surface area contributed by atoms with Crippen LogP contribution in [-0.2, 0) is 32.5 Å². The molecule has 2 N–H and O–H groups in total. The molecule has 138 valence electrons. The number of aliphatic hydroxyl groups is 2. The van der Waals surface area contributed by atoms with Crippen LogP contribution in [0.5, 0.6) is 0 Å². The Hall–Kier alpha value is -1.98. The Morgan fingerprint density at radius 3 is 2.36 bits per heavy atom. The summed E-state index contributed by atoms with van der Waals surface area (Å²) in [5.74, 6) is -3.58. The van der Waals surface area contributed by atoms with Crippen molar-refractivity contribution in [3.8, 4) is 11.3 Å². The second-order valence-electron chi connectivity index (χ2n) is 4.76. The van der Waals surface area contributed by atoms with Crippen molar-refractivity contribution in [2.24, 2.45) is 0 Å². The van der Waals surface area contributed by atoms with Gasteiger partial charge in [0.2, 0.25) is 0 Å². The van der Waals surface area contributed by atoms with Crippen LogP contribution < -0.4 is 0 Å². The Morgan fingerprint density at radius 2 is 1.88 bits per heavy atom. The first-order chi connectivity index (χ1) is 11.2. The molecule has 0 fully saturated rings. The number of aliphatic hydroxyl groups excluding tert-OH is 2. The average Bonchev–Trinajstić information content (AvgIpc) is 2.50. The molecule has 0 bridgehead atoms. The van der Waals surface area contributed by atoms with Crippen molar-refractivity contribution in [1.82, 2.24) is 4.98 Å². The van der Waals surface area contributed by atoms with E-state index in [-0.39, 0.29) is 50.5 Å². The van der Waals surface area contributed by atoms with E-state index in [0.29, 0.717) is 11.6 Å². The number of pyridine rings is 1. The summed E-state index contributed by atoms with van der Waals surface area (Å²) in [6, 6.07) is 5.30. The maximum atomic E-state index is 13.4. The standard InChI is InChI=1S/C12H7F3NO.C5H8O2.Pt/c13-9-5-11(15)10(14)4-8(9)12-3-7(6-17)1-2-16-12;1-4(6)3-5(2)7;/h1-3,5,17H,6H2;3,6H,1-2H3;/q-1;;/b;4-3-;. The van der Waals surface area contributed by atoms with Gasteiger partial charge in [0, 0.05) is 39.2 Å². The van der Waals surface area contributed by atoms with Gasteiger partial charge in [-0.2, -0.15) is 0 Å². The van der Waals surface area contributed by atoms with E-state index in [2.05, 4.69) is 4.98 Å². The molecule has 0 saturated carbocycles. The number of benzene rings is 1. The molecule has 0 radical (unpaired) electrons. The molecule has 0 saturated heterocycles. The molecule has 0 spiro atoms. The number of hydrogen-bond acceptors (Lipinski definition) is 4. The molecule has 1 heterocycles. The van der Waals surface area contributed by atoms with Crippen LogP contribution in [0.2, 0.25) is 0 Å². The van der Waals surface area contributed by atoms with Gasteiger partial charge in [0.1, 0.15) is 0 Å². The molecule has 1 aromatic carbocycles. The number of allylic oxidation sites excluding steroid dienone is 2. The summed E-state index contributed by atoms with van der Waals surface area (Å²) in [4.78, 5) is 13.8. The number of rotatable bonds is 3. The van der Waals surface area contributed by atoms with E-state index in [1.165, 1.54) is 38.3 Å². The fourth-order valence-electron chi connectivity index (χ4n) is 1.67. The van der Waals surface area contributed by atoms with E-state index in [0.717, 1.165) is 0 Å². The van der Waals surface area contributed by atoms with Gasteiger partial charge in [-0.1, -0.05) is 23.8 Å². The molecule has 0 unspecified atom stereocenters. The van der Waals surface area contributed by atoms with E-state index in [4.69, 9.17) is 10.2 Å². The molecule has 25 heavy (non-hydrogen) atoms. The Kier molecular flexibility index (Phi) is 9.94. The number of hydrogen-bond donors (Lipinski definition) is 2. The zero-order chi connectivity index (χ0) is 18.3. The third kappa shape index (κ3) is 7.62. The second kappa shape index (κ2) is 10.8. The first kappa shape index (κ1) is 23.0. The normalized spacial score (nSPS) is 10.4. The SMILES string of the molecule is CC(=O)/C=C(/C)O.OCc1ccnc(-c2[c-]c(F)c(F)cc2F)c1.[Pt]. The Bertz CT molecular complexity index is 763. The number of aromatic nitrogens is 1. The van der Waals surface area contributed by atoms with E-state index >= 15 is 0 Å². The molecular weight excluding hydrogens is 518 g/mol. The van der Waals surface area contributed by atoms with Crippen molar-refractivity contribution < 1.29 is 49.2 Å². The van der Waals surface area contributed by atoms with Gasteiger partial charge in [0.05, 0.1) is 24.0 Å². The Balaban J connectivity index is 0.000000620. The van der Waals surface area contributed by atoms with Gasteiger partial charge >= 0.3 is 0 Å². The largest absolute Gasteiger partial charge is 0.512 e. The fourth-order valence-corrected chi connectivity index (χ4v) is 1.67. The molecule has 0 amide bonds. The minimum atomic E-state index is -1.30. The summed E-state index contributed by atoms with van der Waals surface area (Å²) in [6.45, 7) is 2.60. The van der Waals surface area contributed by atoms with Crippen molar-refractivity contribution >= 4 is 5.78 Å². The maximum Gasteiger partial charge on any atom is 0.155 e. The quantitative estimate of drug-likeness (QED) is 0.275. The van der Waals surface area contributed by atoms with Gasteiger partial charge < -0.3 is 15.2 Å². The maximum absolute atomic E-state index is 13.4. The van der Waals surface area contributed by atoms with Crippen LogP contribution in [0.3, 0.4) is 0 Å².